The van der Waals surface area contributed by atoms with Gasteiger partial charge in [-0.25, -0.2) is 0 Å². The van der Waals surface area contributed by atoms with E-state index in [1.807, 2.05) is 0 Å². The van der Waals surface area contributed by atoms with Crippen molar-refractivity contribution in [3.05, 3.63) is 257 Å². The van der Waals surface area contributed by atoms with Crippen molar-refractivity contribution < 1.29 is 0 Å². The van der Waals surface area contributed by atoms with Gasteiger partial charge in [0.05, 0.1) is 0 Å². The predicted molar refractivity (Wildman–Crippen MR) is 321 cm³/mol. The van der Waals surface area contributed by atoms with E-state index in [0.29, 0.717) is 0 Å². The van der Waals surface area contributed by atoms with Gasteiger partial charge in [0.15, 0.2) is 0 Å². The molecule has 0 aromatic heterocycles. The topological polar surface area (TPSA) is 0 Å². The molecule has 12 rings (SSSR count). The van der Waals surface area contributed by atoms with E-state index in [0.717, 1.165) is 0 Å². The molecular weight excluding hydrogens is 889 g/mol. The third-order valence-electron chi connectivity index (χ3n) is 16.2. The summed E-state index contributed by atoms with van der Waals surface area (Å²) in [5.41, 5.74) is 18.0. The van der Waals surface area contributed by atoms with E-state index in [1.54, 1.807) is 0 Å². The summed E-state index contributed by atoms with van der Waals surface area (Å²) >= 11 is 0. The molecule has 2 aliphatic carbocycles. The van der Waals surface area contributed by atoms with Gasteiger partial charge in [-0.2, -0.15) is 0 Å². The van der Waals surface area contributed by atoms with Gasteiger partial charge in [-0.15, -0.1) is 0 Å². The highest BCUT2D eigenvalue weighted by atomic mass is 14.3. The van der Waals surface area contributed by atoms with Crippen LogP contribution in [0.1, 0.15) is 150 Å². The van der Waals surface area contributed by atoms with Crippen LogP contribution in [0.5, 0.6) is 0 Å². The first kappa shape index (κ1) is 47.5. The van der Waals surface area contributed by atoms with E-state index < -0.39 is 0 Å². The lowest BCUT2D eigenvalue weighted by Crippen LogP contribution is -2.17. The second-order valence-corrected chi connectivity index (χ2v) is 25.3. The standard InChI is InChI=1S/C74H68/c1-71(2,3)49-33-37-53-45(41-49)29-30-46-42-50(72(4,5)6)34-38-54(46)65(53)67-57-21-13-17-25-61(57)69(62-26-18-14-22-58(62)67)70-63-27-19-15-23-59(63)68(60-24-16-20-28-64(60)70)66-55-39-35-51(73(7,8)9)43-47(55)31-32-48-44-52(74(10,11)12)36-40-56(48)66/h13-44H,1-12H3. The summed E-state index contributed by atoms with van der Waals surface area (Å²) in [5.74, 6) is 0. The largest absolute Gasteiger partial charge is 0.0616 e. The van der Waals surface area contributed by atoms with Gasteiger partial charge in [0.1, 0.15) is 0 Å². The Labute approximate surface area is 438 Å². The van der Waals surface area contributed by atoms with E-state index in [9.17, 15) is 0 Å². The summed E-state index contributed by atoms with van der Waals surface area (Å²) in [4.78, 5) is 0. The fourth-order valence-electron chi connectivity index (χ4n) is 12.1. The maximum absolute atomic E-state index is 2.44. The molecule has 2 aliphatic rings. The highest BCUT2D eigenvalue weighted by Gasteiger charge is 2.27. The van der Waals surface area contributed by atoms with Gasteiger partial charge in [0, 0.05) is 0 Å². The molecule has 364 valence electrons. The van der Waals surface area contributed by atoms with Crippen molar-refractivity contribution in [1.82, 2.24) is 0 Å². The summed E-state index contributed by atoms with van der Waals surface area (Å²) < 4.78 is 0. The summed E-state index contributed by atoms with van der Waals surface area (Å²) in [7, 11) is 0. The van der Waals surface area contributed by atoms with Crippen LogP contribution < -0.4 is 10.4 Å². The Morgan fingerprint density at radius 1 is 0.216 bits per heavy atom. The first-order chi connectivity index (χ1) is 35.3. The van der Waals surface area contributed by atoms with Crippen LogP contribution in [-0.4, -0.2) is 0 Å². The van der Waals surface area contributed by atoms with Crippen molar-refractivity contribution in [3.63, 3.8) is 0 Å². The number of rotatable bonds is 0. The van der Waals surface area contributed by atoms with Crippen molar-refractivity contribution in [2.75, 3.05) is 0 Å². The van der Waals surface area contributed by atoms with Crippen LogP contribution >= 0.6 is 0 Å². The molecule has 74 heavy (non-hydrogen) atoms. The van der Waals surface area contributed by atoms with Crippen LogP contribution in [0.2, 0.25) is 0 Å². The molecule has 0 fully saturated rings. The van der Waals surface area contributed by atoms with Crippen LogP contribution in [0.4, 0.5) is 0 Å². The molecular formula is C74H68. The highest BCUT2D eigenvalue weighted by molar-refractivity contribution is 6.10. The molecule has 0 atom stereocenters. The highest BCUT2D eigenvalue weighted by Crippen LogP contribution is 2.41. The van der Waals surface area contributed by atoms with Crippen LogP contribution in [0.3, 0.4) is 0 Å². The molecule has 0 unspecified atom stereocenters. The Morgan fingerprint density at radius 3 is 0.595 bits per heavy atom. The van der Waals surface area contributed by atoms with Gasteiger partial charge in [-0.05, 0) is 164 Å². The molecule has 0 nitrogen and oxygen atoms in total. The third kappa shape index (κ3) is 7.80. The molecule has 0 spiro atoms. The van der Waals surface area contributed by atoms with Crippen molar-refractivity contribution in [2.24, 2.45) is 0 Å². The molecule has 0 saturated heterocycles. The Morgan fingerprint density at radius 2 is 0.405 bits per heavy atom. The lowest BCUT2D eigenvalue weighted by atomic mass is 9.81. The molecule has 0 radical (unpaired) electrons. The zero-order chi connectivity index (χ0) is 51.6. The average Bonchev–Trinajstić information content (AvgIpc) is 3.64. The second kappa shape index (κ2) is 17.0. The number of hydrogen-bond acceptors (Lipinski definition) is 0. The molecule has 0 saturated carbocycles. The monoisotopic (exact) mass is 957 g/mol. The predicted octanol–water partition coefficient (Wildman–Crippen LogP) is 18.2. The lowest BCUT2D eigenvalue weighted by molar-refractivity contribution is 0.589. The Kier molecular flexibility index (Phi) is 10.9. The van der Waals surface area contributed by atoms with E-state index in [4.69, 9.17) is 0 Å². The Bertz CT molecular complexity index is 3760. The molecule has 0 amide bonds. The van der Waals surface area contributed by atoms with Gasteiger partial charge >= 0.3 is 0 Å². The van der Waals surface area contributed by atoms with E-state index >= 15 is 0 Å². The minimum atomic E-state index is 0.00762. The molecule has 0 N–H and O–H groups in total. The molecule has 0 aliphatic heterocycles. The SMILES string of the molecule is CC(C)(C)c1ccc2c(c1)C=Cc1cc(C(C)(C)C)ccc1C2=c1c2ccccc2c(=c2c3ccccc3c(=C3c4ccc(C(C)(C)C)cc4C=Cc4cc(C(C)(C)C)ccc43)c3ccccc23)c2ccccc12. The third-order valence-corrected chi connectivity index (χ3v) is 16.2. The average molecular weight is 957 g/mol. The van der Waals surface area contributed by atoms with Crippen molar-refractivity contribution in [2.45, 2.75) is 105 Å². The fraction of sp³-hybridized carbons (Fsp3) is 0.216. The quantitative estimate of drug-likeness (QED) is 0.133. The van der Waals surface area contributed by atoms with Crippen LogP contribution in [0.25, 0.3) is 78.5 Å². The van der Waals surface area contributed by atoms with E-state index in [1.165, 1.54) is 142 Å². The summed E-state index contributed by atoms with van der Waals surface area (Å²) in [6.45, 7) is 27.8. The van der Waals surface area contributed by atoms with Crippen molar-refractivity contribution in [3.8, 4) is 0 Å². The van der Waals surface area contributed by atoms with Gasteiger partial charge in [0.25, 0.3) is 0 Å². The molecule has 0 heteroatoms. The zero-order valence-corrected chi connectivity index (χ0v) is 45.5. The number of hydrogen-bond donors (Lipinski definition) is 0. The zero-order valence-electron chi connectivity index (χ0n) is 45.5. The molecule has 10 aromatic carbocycles. The van der Waals surface area contributed by atoms with Crippen LogP contribution in [-0.2, 0) is 21.7 Å². The maximum Gasteiger partial charge on any atom is -0.00139 e. The summed E-state index contributed by atoms with van der Waals surface area (Å²) in [6.07, 6.45) is 9.47. The minimum absolute atomic E-state index is 0.00762. The van der Waals surface area contributed by atoms with Gasteiger partial charge < -0.3 is 0 Å². The maximum atomic E-state index is 2.44. The van der Waals surface area contributed by atoms with Crippen molar-refractivity contribution >= 4 is 78.5 Å². The normalized spacial score (nSPS) is 13.8. The number of benzene rings is 10. The minimum Gasteiger partial charge on any atom is -0.0616 e. The summed E-state index contributed by atoms with van der Waals surface area (Å²) in [6, 6.07) is 65.9. The van der Waals surface area contributed by atoms with E-state index in [2.05, 4.69) is 277 Å². The van der Waals surface area contributed by atoms with Gasteiger partial charge in [0.2, 0.25) is 0 Å². The number of fused-ring (bicyclic) bond motifs is 8. The second-order valence-electron chi connectivity index (χ2n) is 25.3. The van der Waals surface area contributed by atoms with E-state index in [-0.39, 0.29) is 21.7 Å². The Balaban J connectivity index is 1.32. The molecule has 0 heterocycles. The lowest BCUT2D eigenvalue weighted by Gasteiger charge is -2.23. The first-order valence-electron chi connectivity index (χ1n) is 26.8. The van der Waals surface area contributed by atoms with Crippen LogP contribution in [0, 0.1) is 10.4 Å². The van der Waals surface area contributed by atoms with Gasteiger partial charge in [-0.1, -0.05) is 277 Å². The van der Waals surface area contributed by atoms with Gasteiger partial charge in [-0.3, -0.25) is 0 Å². The smallest absolute Gasteiger partial charge is 0.00139 e. The summed E-state index contributed by atoms with van der Waals surface area (Å²) in [5, 5.41) is 15.1. The molecule has 10 aromatic rings. The molecule has 0 bridgehead atoms. The van der Waals surface area contributed by atoms with Crippen molar-refractivity contribution in [1.29, 1.82) is 0 Å². The Hall–Kier alpha value is -7.54. The first-order valence-corrected chi connectivity index (χ1v) is 26.8. The fourth-order valence-corrected chi connectivity index (χ4v) is 12.1. The van der Waals surface area contributed by atoms with Crippen LogP contribution in [0.15, 0.2) is 170 Å².